The van der Waals surface area contributed by atoms with Crippen LogP contribution >= 0.6 is 11.6 Å². The second-order valence-corrected chi connectivity index (χ2v) is 6.76. The number of benzene rings is 1. The van der Waals surface area contributed by atoms with Crippen molar-refractivity contribution in [3.63, 3.8) is 0 Å². The summed E-state index contributed by atoms with van der Waals surface area (Å²) in [6.07, 6.45) is 0.984. The molecule has 120 valence electrons. The van der Waals surface area contributed by atoms with Gasteiger partial charge < -0.3 is 10.1 Å². The number of nitrogens with zero attached hydrogens (tertiary/aromatic N) is 1. The van der Waals surface area contributed by atoms with Crippen LogP contribution in [0, 0.1) is 0 Å². The van der Waals surface area contributed by atoms with Crippen molar-refractivity contribution in [1.29, 1.82) is 0 Å². The number of carbonyl (C=O) groups excluding carboxylic acids is 2. The first kappa shape index (κ1) is 16.6. The summed E-state index contributed by atoms with van der Waals surface area (Å²) in [7, 11) is 0. The van der Waals surface area contributed by atoms with E-state index in [0.717, 1.165) is 6.42 Å². The average molecular weight is 325 g/mol. The molecule has 1 fully saturated rings. The maximum absolute atomic E-state index is 12.4. The number of hydrogen-bond acceptors (Lipinski definition) is 3. The number of ether oxygens (including phenoxy) is 1. The van der Waals surface area contributed by atoms with E-state index in [1.165, 1.54) is 4.90 Å². The maximum Gasteiger partial charge on any atom is 0.410 e. The minimum absolute atomic E-state index is 0.203. The van der Waals surface area contributed by atoms with Gasteiger partial charge in [0, 0.05) is 17.3 Å². The largest absolute Gasteiger partial charge is 0.444 e. The van der Waals surface area contributed by atoms with Gasteiger partial charge in [0.2, 0.25) is 5.91 Å². The summed E-state index contributed by atoms with van der Waals surface area (Å²) in [4.78, 5) is 26.1. The highest BCUT2D eigenvalue weighted by Gasteiger charge is 2.36. The van der Waals surface area contributed by atoms with Gasteiger partial charge in [0.25, 0.3) is 0 Å². The van der Waals surface area contributed by atoms with E-state index >= 15 is 0 Å². The molecule has 6 heteroatoms. The van der Waals surface area contributed by atoms with Crippen molar-refractivity contribution in [2.45, 2.75) is 45.3 Å². The molecule has 1 aliphatic heterocycles. The molecule has 22 heavy (non-hydrogen) atoms. The Kier molecular flexibility index (Phi) is 4.96. The van der Waals surface area contributed by atoms with Crippen LogP contribution in [0.1, 0.15) is 33.6 Å². The maximum atomic E-state index is 12.4. The molecule has 0 unspecified atom stereocenters. The van der Waals surface area contributed by atoms with Crippen LogP contribution in [0.3, 0.4) is 0 Å². The molecule has 0 saturated carbocycles. The normalized spacial score (nSPS) is 18.2. The summed E-state index contributed by atoms with van der Waals surface area (Å²) in [5.41, 5.74) is 0.0853. The molecule has 1 atom stereocenters. The monoisotopic (exact) mass is 324 g/mol. The van der Waals surface area contributed by atoms with E-state index in [0.29, 0.717) is 23.7 Å². The van der Waals surface area contributed by atoms with E-state index in [1.54, 1.807) is 24.3 Å². The predicted octanol–water partition coefficient (Wildman–Crippen LogP) is 3.68. The zero-order valence-corrected chi connectivity index (χ0v) is 13.8. The molecule has 5 nitrogen and oxygen atoms in total. The standard InChI is InChI=1S/C16H21ClN2O3/c1-16(2,3)22-15(21)19-10-4-5-13(19)14(20)18-12-8-6-11(17)7-9-12/h6-9,13H,4-5,10H2,1-3H3,(H,18,20)/t13-/m0/s1. The fraction of sp³-hybridized carbons (Fsp3) is 0.500. The Morgan fingerprint density at radius 1 is 1.27 bits per heavy atom. The van der Waals surface area contributed by atoms with Crippen molar-refractivity contribution in [3.8, 4) is 0 Å². The zero-order valence-electron chi connectivity index (χ0n) is 13.1. The van der Waals surface area contributed by atoms with Crippen molar-refractivity contribution >= 4 is 29.3 Å². The Hall–Kier alpha value is -1.75. The van der Waals surface area contributed by atoms with Crippen LogP contribution in [0.15, 0.2) is 24.3 Å². The number of anilines is 1. The molecule has 1 saturated heterocycles. The number of amides is 2. The molecule has 2 rings (SSSR count). The Balaban J connectivity index is 2.01. The van der Waals surface area contributed by atoms with Gasteiger partial charge >= 0.3 is 6.09 Å². The molecule has 1 aromatic carbocycles. The second kappa shape index (κ2) is 6.57. The van der Waals surface area contributed by atoms with Crippen LogP contribution < -0.4 is 5.32 Å². The first-order chi connectivity index (χ1) is 10.3. The fourth-order valence-corrected chi connectivity index (χ4v) is 2.46. The Bertz CT molecular complexity index is 552. The highest BCUT2D eigenvalue weighted by atomic mass is 35.5. The van der Waals surface area contributed by atoms with Crippen LogP contribution in [-0.4, -0.2) is 35.1 Å². The van der Waals surface area contributed by atoms with Crippen LogP contribution in [0.5, 0.6) is 0 Å². The van der Waals surface area contributed by atoms with E-state index in [4.69, 9.17) is 16.3 Å². The van der Waals surface area contributed by atoms with Crippen molar-refractivity contribution < 1.29 is 14.3 Å². The lowest BCUT2D eigenvalue weighted by Crippen LogP contribution is -2.45. The molecular formula is C16H21ClN2O3. The lowest BCUT2D eigenvalue weighted by molar-refractivity contribution is -0.120. The van der Waals surface area contributed by atoms with Gasteiger partial charge in [0.1, 0.15) is 11.6 Å². The summed E-state index contributed by atoms with van der Waals surface area (Å²) in [6, 6.07) is 6.38. The number of hydrogen-bond donors (Lipinski definition) is 1. The third-order valence-electron chi connectivity index (χ3n) is 3.30. The van der Waals surface area contributed by atoms with E-state index in [9.17, 15) is 9.59 Å². The van der Waals surface area contributed by atoms with Gasteiger partial charge in [-0.3, -0.25) is 9.69 Å². The third kappa shape index (κ3) is 4.37. The van der Waals surface area contributed by atoms with Gasteiger partial charge in [-0.25, -0.2) is 4.79 Å². The summed E-state index contributed by atoms with van der Waals surface area (Å²) >= 11 is 5.82. The van der Waals surface area contributed by atoms with Crippen LogP contribution in [0.2, 0.25) is 5.02 Å². The van der Waals surface area contributed by atoms with Gasteiger partial charge in [-0.15, -0.1) is 0 Å². The van der Waals surface area contributed by atoms with Crippen molar-refractivity contribution in [2.75, 3.05) is 11.9 Å². The predicted molar refractivity (Wildman–Crippen MR) is 86.0 cm³/mol. The van der Waals surface area contributed by atoms with Gasteiger partial charge in [0.05, 0.1) is 0 Å². The zero-order chi connectivity index (χ0) is 16.3. The smallest absolute Gasteiger partial charge is 0.410 e. The Morgan fingerprint density at radius 3 is 2.50 bits per heavy atom. The highest BCUT2D eigenvalue weighted by molar-refractivity contribution is 6.30. The summed E-state index contributed by atoms with van der Waals surface area (Å²) in [6.45, 7) is 5.96. The molecule has 0 bridgehead atoms. The number of nitrogens with one attached hydrogen (secondary N) is 1. The van der Waals surface area contributed by atoms with Crippen molar-refractivity contribution in [2.24, 2.45) is 0 Å². The molecule has 1 N–H and O–H groups in total. The topological polar surface area (TPSA) is 58.6 Å². The Morgan fingerprint density at radius 2 is 1.91 bits per heavy atom. The molecule has 1 aliphatic rings. The second-order valence-electron chi connectivity index (χ2n) is 6.33. The Labute approximate surface area is 135 Å². The fourth-order valence-electron chi connectivity index (χ4n) is 2.34. The number of likely N-dealkylation sites (tertiary alicyclic amines) is 1. The van der Waals surface area contributed by atoms with E-state index in [1.807, 2.05) is 20.8 Å². The van der Waals surface area contributed by atoms with Crippen LogP contribution in [0.25, 0.3) is 0 Å². The lowest BCUT2D eigenvalue weighted by atomic mass is 10.2. The SMILES string of the molecule is CC(C)(C)OC(=O)N1CCC[C@H]1C(=O)Nc1ccc(Cl)cc1. The molecule has 1 aromatic rings. The molecule has 0 radical (unpaired) electrons. The molecular weight excluding hydrogens is 304 g/mol. The quantitative estimate of drug-likeness (QED) is 0.902. The first-order valence-electron chi connectivity index (χ1n) is 7.32. The molecule has 0 spiro atoms. The van der Waals surface area contributed by atoms with E-state index in [2.05, 4.69) is 5.32 Å². The van der Waals surface area contributed by atoms with Gasteiger partial charge in [0.15, 0.2) is 0 Å². The lowest BCUT2D eigenvalue weighted by Gasteiger charge is -2.28. The van der Waals surface area contributed by atoms with Gasteiger partial charge in [-0.2, -0.15) is 0 Å². The molecule has 2 amide bonds. The van der Waals surface area contributed by atoms with E-state index in [-0.39, 0.29) is 5.91 Å². The number of halogens is 1. The van der Waals surface area contributed by atoms with Crippen molar-refractivity contribution in [3.05, 3.63) is 29.3 Å². The minimum Gasteiger partial charge on any atom is -0.444 e. The van der Waals surface area contributed by atoms with E-state index < -0.39 is 17.7 Å². The minimum atomic E-state index is -0.573. The summed E-state index contributed by atoms with van der Waals surface area (Å²) in [5, 5.41) is 3.42. The average Bonchev–Trinajstić information content (AvgIpc) is 2.89. The molecule has 0 aromatic heterocycles. The molecule has 0 aliphatic carbocycles. The van der Waals surface area contributed by atoms with Crippen LogP contribution in [-0.2, 0) is 9.53 Å². The third-order valence-corrected chi connectivity index (χ3v) is 3.55. The molecule has 1 heterocycles. The number of rotatable bonds is 2. The van der Waals surface area contributed by atoms with Crippen LogP contribution in [0.4, 0.5) is 10.5 Å². The van der Waals surface area contributed by atoms with Gasteiger partial charge in [-0.1, -0.05) is 11.6 Å². The summed E-state index contributed by atoms with van der Waals surface area (Å²) in [5.74, 6) is -0.203. The van der Waals surface area contributed by atoms with Crippen molar-refractivity contribution in [1.82, 2.24) is 4.90 Å². The number of carbonyl (C=O) groups is 2. The van der Waals surface area contributed by atoms with Gasteiger partial charge in [-0.05, 0) is 57.9 Å². The first-order valence-corrected chi connectivity index (χ1v) is 7.70. The highest BCUT2D eigenvalue weighted by Crippen LogP contribution is 2.22. The summed E-state index contributed by atoms with van der Waals surface area (Å²) < 4.78 is 5.36.